The summed E-state index contributed by atoms with van der Waals surface area (Å²) in [5, 5.41) is 7.50. The van der Waals surface area contributed by atoms with E-state index in [0.29, 0.717) is 6.04 Å². The molecule has 0 radical (unpaired) electrons. The summed E-state index contributed by atoms with van der Waals surface area (Å²) in [5.74, 6) is 0. The zero-order chi connectivity index (χ0) is 12.8. The van der Waals surface area contributed by atoms with E-state index in [2.05, 4.69) is 22.6 Å². The van der Waals surface area contributed by atoms with Crippen LogP contribution >= 0.6 is 12.2 Å². The molecule has 2 rings (SSSR count). The lowest BCUT2D eigenvalue weighted by Gasteiger charge is -2.31. The molecule has 0 aromatic heterocycles. The highest BCUT2D eigenvalue weighted by Crippen LogP contribution is 2.17. The van der Waals surface area contributed by atoms with E-state index in [1.54, 1.807) is 0 Å². The number of morpholine rings is 1. The minimum Gasteiger partial charge on any atom is -0.374 e. The Balaban J connectivity index is 1.61. The van der Waals surface area contributed by atoms with Gasteiger partial charge in [-0.2, -0.15) is 0 Å². The summed E-state index contributed by atoms with van der Waals surface area (Å²) in [6.45, 7) is 3.65. The van der Waals surface area contributed by atoms with E-state index in [1.165, 1.54) is 32.1 Å². The molecule has 2 aliphatic rings. The van der Waals surface area contributed by atoms with Gasteiger partial charge in [0.1, 0.15) is 0 Å². The molecule has 2 N–H and O–H groups in total. The van der Waals surface area contributed by atoms with Gasteiger partial charge >= 0.3 is 0 Å². The van der Waals surface area contributed by atoms with Gasteiger partial charge in [-0.15, -0.1) is 0 Å². The summed E-state index contributed by atoms with van der Waals surface area (Å²) in [4.78, 5) is 2.30. The van der Waals surface area contributed by atoms with Crippen molar-refractivity contribution in [3.05, 3.63) is 0 Å². The number of hydrogen-bond donors (Lipinski definition) is 2. The molecule has 0 aromatic carbocycles. The maximum Gasteiger partial charge on any atom is 0.166 e. The third kappa shape index (κ3) is 4.71. The van der Waals surface area contributed by atoms with Crippen molar-refractivity contribution in [2.45, 2.75) is 44.2 Å². The van der Waals surface area contributed by atoms with E-state index >= 15 is 0 Å². The SMILES string of the molecule is CN1CCOC(CNC(=S)NC2CCCCC2)C1. The molecule has 1 saturated carbocycles. The Morgan fingerprint density at radius 1 is 1.33 bits per heavy atom. The largest absolute Gasteiger partial charge is 0.374 e. The molecular formula is C13H25N3OS. The molecule has 0 spiro atoms. The number of nitrogens with one attached hydrogen (secondary N) is 2. The highest BCUT2D eigenvalue weighted by molar-refractivity contribution is 7.80. The normalized spacial score (nSPS) is 26.8. The Labute approximate surface area is 115 Å². The van der Waals surface area contributed by atoms with Crippen LogP contribution in [0.15, 0.2) is 0 Å². The molecule has 0 amide bonds. The molecule has 0 aromatic rings. The summed E-state index contributed by atoms with van der Waals surface area (Å²) in [6.07, 6.45) is 6.80. The molecule has 1 aliphatic heterocycles. The highest BCUT2D eigenvalue weighted by atomic mass is 32.1. The first-order chi connectivity index (χ1) is 8.74. The molecule has 1 heterocycles. The number of nitrogens with zero attached hydrogens (tertiary/aromatic N) is 1. The van der Waals surface area contributed by atoms with Crippen molar-refractivity contribution in [1.29, 1.82) is 0 Å². The van der Waals surface area contributed by atoms with Crippen molar-refractivity contribution in [3.63, 3.8) is 0 Å². The summed E-state index contributed by atoms with van der Waals surface area (Å²) in [5.41, 5.74) is 0. The molecule has 4 nitrogen and oxygen atoms in total. The van der Waals surface area contributed by atoms with Crippen LogP contribution in [0, 0.1) is 0 Å². The van der Waals surface area contributed by atoms with Gasteiger partial charge in [0.2, 0.25) is 0 Å². The van der Waals surface area contributed by atoms with Crippen molar-refractivity contribution >= 4 is 17.3 Å². The van der Waals surface area contributed by atoms with Gasteiger partial charge in [0.15, 0.2) is 5.11 Å². The van der Waals surface area contributed by atoms with Crippen molar-refractivity contribution in [2.24, 2.45) is 0 Å². The lowest BCUT2D eigenvalue weighted by Crippen LogP contribution is -2.49. The molecule has 1 aliphatic carbocycles. The first-order valence-corrected chi connectivity index (χ1v) is 7.49. The molecule has 5 heteroatoms. The maximum atomic E-state index is 5.70. The minimum absolute atomic E-state index is 0.259. The molecule has 1 saturated heterocycles. The Morgan fingerprint density at radius 3 is 2.83 bits per heavy atom. The van der Waals surface area contributed by atoms with Crippen molar-refractivity contribution in [1.82, 2.24) is 15.5 Å². The predicted molar refractivity (Wildman–Crippen MR) is 77.8 cm³/mol. The second kappa shape index (κ2) is 7.26. The average Bonchev–Trinajstić information content (AvgIpc) is 2.38. The number of ether oxygens (including phenoxy) is 1. The van der Waals surface area contributed by atoms with Gasteiger partial charge in [0.25, 0.3) is 0 Å². The second-order valence-electron chi connectivity index (χ2n) is 5.44. The van der Waals surface area contributed by atoms with Crippen LogP contribution in [-0.4, -0.2) is 55.4 Å². The zero-order valence-corrected chi connectivity index (χ0v) is 12.1. The van der Waals surface area contributed by atoms with E-state index in [1.807, 2.05) is 0 Å². The zero-order valence-electron chi connectivity index (χ0n) is 11.3. The van der Waals surface area contributed by atoms with E-state index < -0.39 is 0 Å². The van der Waals surface area contributed by atoms with Crippen LogP contribution < -0.4 is 10.6 Å². The first kappa shape index (κ1) is 14.0. The molecule has 0 bridgehead atoms. The smallest absolute Gasteiger partial charge is 0.166 e. The van der Waals surface area contributed by atoms with E-state index in [9.17, 15) is 0 Å². The van der Waals surface area contributed by atoms with Gasteiger partial charge in [-0.3, -0.25) is 0 Å². The highest BCUT2D eigenvalue weighted by Gasteiger charge is 2.18. The van der Waals surface area contributed by atoms with Gasteiger partial charge in [0, 0.05) is 25.7 Å². The average molecular weight is 271 g/mol. The van der Waals surface area contributed by atoms with E-state index in [4.69, 9.17) is 17.0 Å². The lowest BCUT2D eigenvalue weighted by atomic mass is 9.96. The molecular weight excluding hydrogens is 246 g/mol. The summed E-state index contributed by atoms with van der Waals surface area (Å²) in [7, 11) is 2.13. The predicted octanol–water partition coefficient (Wildman–Crippen LogP) is 1.11. The van der Waals surface area contributed by atoms with Crippen LogP contribution in [0.1, 0.15) is 32.1 Å². The van der Waals surface area contributed by atoms with Gasteiger partial charge in [-0.25, -0.2) is 0 Å². The number of hydrogen-bond acceptors (Lipinski definition) is 3. The Bertz CT molecular complexity index is 269. The third-order valence-electron chi connectivity index (χ3n) is 3.77. The second-order valence-corrected chi connectivity index (χ2v) is 5.85. The third-order valence-corrected chi connectivity index (χ3v) is 4.03. The Kier molecular flexibility index (Phi) is 5.66. The fourth-order valence-electron chi connectivity index (χ4n) is 2.68. The molecule has 18 heavy (non-hydrogen) atoms. The fraction of sp³-hybridized carbons (Fsp3) is 0.923. The van der Waals surface area contributed by atoms with Crippen LogP contribution in [0.4, 0.5) is 0 Å². The number of rotatable bonds is 3. The van der Waals surface area contributed by atoms with Gasteiger partial charge in [-0.1, -0.05) is 19.3 Å². The summed E-state index contributed by atoms with van der Waals surface area (Å²) < 4.78 is 5.70. The minimum atomic E-state index is 0.259. The molecule has 1 atom stereocenters. The van der Waals surface area contributed by atoms with Gasteiger partial charge in [0.05, 0.1) is 12.7 Å². The topological polar surface area (TPSA) is 36.5 Å². The van der Waals surface area contributed by atoms with Crippen LogP contribution in [-0.2, 0) is 4.74 Å². The summed E-state index contributed by atoms with van der Waals surface area (Å²) in [6, 6.07) is 0.577. The van der Waals surface area contributed by atoms with Crippen LogP contribution in [0.2, 0.25) is 0 Å². The monoisotopic (exact) mass is 271 g/mol. The van der Waals surface area contributed by atoms with Gasteiger partial charge in [-0.05, 0) is 32.1 Å². The fourth-order valence-corrected chi connectivity index (χ4v) is 2.93. The lowest BCUT2D eigenvalue weighted by molar-refractivity contribution is -0.0160. The molecule has 1 unspecified atom stereocenters. The van der Waals surface area contributed by atoms with Crippen molar-refractivity contribution in [2.75, 3.05) is 33.3 Å². The van der Waals surface area contributed by atoms with Crippen molar-refractivity contribution in [3.8, 4) is 0 Å². The van der Waals surface area contributed by atoms with Gasteiger partial charge < -0.3 is 20.3 Å². The van der Waals surface area contributed by atoms with Crippen LogP contribution in [0.3, 0.4) is 0 Å². The number of likely N-dealkylation sites (N-methyl/N-ethyl adjacent to an activating group) is 1. The van der Waals surface area contributed by atoms with E-state index in [-0.39, 0.29) is 6.10 Å². The quantitative estimate of drug-likeness (QED) is 0.752. The standard InChI is InChI=1S/C13H25N3OS/c1-16-7-8-17-12(10-16)9-14-13(18)15-11-5-3-2-4-6-11/h11-12H,2-10H2,1H3,(H2,14,15,18). The number of thiocarbonyl (C=S) groups is 1. The van der Waals surface area contributed by atoms with Crippen molar-refractivity contribution < 1.29 is 4.74 Å². The first-order valence-electron chi connectivity index (χ1n) is 7.08. The maximum absolute atomic E-state index is 5.70. The van der Waals surface area contributed by atoms with E-state index in [0.717, 1.165) is 31.4 Å². The Morgan fingerprint density at radius 2 is 2.11 bits per heavy atom. The van der Waals surface area contributed by atoms with Crippen LogP contribution in [0.5, 0.6) is 0 Å². The summed E-state index contributed by atoms with van der Waals surface area (Å²) >= 11 is 5.34. The molecule has 2 fully saturated rings. The van der Waals surface area contributed by atoms with Crippen LogP contribution in [0.25, 0.3) is 0 Å². The molecule has 104 valence electrons. The Hall–Kier alpha value is -0.390.